The summed E-state index contributed by atoms with van der Waals surface area (Å²) in [5.74, 6) is 0.0501. The molecule has 2 aromatic carbocycles. The van der Waals surface area contributed by atoms with Gasteiger partial charge in [0.05, 0.1) is 14.2 Å². The Kier molecular flexibility index (Phi) is 7.04. The highest BCUT2D eigenvalue weighted by molar-refractivity contribution is 7.12. The van der Waals surface area contributed by atoms with Crippen LogP contribution in [0.3, 0.4) is 0 Å². The van der Waals surface area contributed by atoms with E-state index in [0.29, 0.717) is 27.6 Å². The van der Waals surface area contributed by atoms with Crippen molar-refractivity contribution < 1.29 is 23.8 Å². The predicted octanol–water partition coefficient (Wildman–Crippen LogP) is 4.53. The predicted molar refractivity (Wildman–Crippen MR) is 117 cm³/mol. The van der Waals surface area contributed by atoms with Crippen molar-refractivity contribution in [2.24, 2.45) is 0 Å². The molecule has 0 spiro atoms. The van der Waals surface area contributed by atoms with Crippen molar-refractivity contribution in [3.8, 4) is 23.3 Å². The third-order valence-electron chi connectivity index (χ3n) is 4.12. The molecule has 0 aliphatic carbocycles. The van der Waals surface area contributed by atoms with E-state index >= 15 is 0 Å². The molecule has 0 aliphatic heterocycles. The molecule has 0 fully saturated rings. The Hall–Kier alpha value is -4.09. The van der Waals surface area contributed by atoms with Gasteiger partial charge >= 0.3 is 5.97 Å². The van der Waals surface area contributed by atoms with Crippen LogP contribution in [0.25, 0.3) is 6.08 Å². The second kappa shape index (κ2) is 10.1. The number of esters is 1. The van der Waals surface area contributed by atoms with Gasteiger partial charge in [0.15, 0.2) is 11.5 Å². The molecule has 31 heavy (non-hydrogen) atoms. The molecule has 8 heteroatoms. The average molecular weight is 434 g/mol. The molecule has 7 nitrogen and oxygen atoms in total. The van der Waals surface area contributed by atoms with Crippen LogP contribution in [0, 0.1) is 11.3 Å². The van der Waals surface area contributed by atoms with Crippen LogP contribution >= 0.6 is 11.3 Å². The largest absolute Gasteiger partial charge is 0.497 e. The highest BCUT2D eigenvalue weighted by Gasteiger charge is 2.15. The molecule has 3 rings (SSSR count). The van der Waals surface area contributed by atoms with Gasteiger partial charge in [0.1, 0.15) is 22.3 Å². The summed E-state index contributed by atoms with van der Waals surface area (Å²) in [7, 11) is 2.96. The first-order chi connectivity index (χ1) is 15.0. The van der Waals surface area contributed by atoms with Gasteiger partial charge in [-0.05, 0) is 47.4 Å². The Balaban J connectivity index is 1.79. The van der Waals surface area contributed by atoms with Crippen LogP contribution in [0.4, 0.5) is 5.69 Å². The maximum atomic E-state index is 12.5. The third-order valence-corrected chi connectivity index (χ3v) is 4.97. The Labute approximate surface area is 183 Å². The summed E-state index contributed by atoms with van der Waals surface area (Å²) in [6, 6.07) is 16.9. The van der Waals surface area contributed by atoms with E-state index in [0.717, 1.165) is 0 Å². The summed E-state index contributed by atoms with van der Waals surface area (Å²) in [4.78, 5) is 25.1. The number of thiophene rings is 1. The minimum Gasteiger partial charge on any atom is -0.497 e. The molecular weight excluding hydrogens is 416 g/mol. The number of hydrogen-bond donors (Lipinski definition) is 1. The molecule has 1 N–H and O–H groups in total. The number of carbonyl (C=O) groups is 2. The first-order valence-electron chi connectivity index (χ1n) is 9.05. The van der Waals surface area contributed by atoms with E-state index in [1.165, 1.54) is 31.6 Å². The maximum absolute atomic E-state index is 12.5. The molecule has 0 unspecified atom stereocenters. The fourth-order valence-corrected chi connectivity index (χ4v) is 3.22. The van der Waals surface area contributed by atoms with Gasteiger partial charge in [-0.1, -0.05) is 18.2 Å². The van der Waals surface area contributed by atoms with Gasteiger partial charge in [0.25, 0.3) is 5.91 Å². The standard InChI is InChI=1S/C23H18N2O5S/c1-28-18-6-3-5-17(13-18)25-22(26)16(14-24)11-15-8-9-19(20(12-15)29-2)30-23(27)21-7-4-10-31-21/h3-13H,1-2H3,(H,25,26)/b16-11+. The maximum Gasteiger partial charge on any atom is 0.353 e. The van der Waals surface area contributed by atoms with Crippen LogP contribution in [-0.2, 0) is 4.79 Å². The van der Waals surface area contributed by atoms with Crippen molar-refractivity contribution in [3.05, 3.63) is 76.0 Å². The zero-order chi connectivity index (χ0) is 22.2. The molecule has 0 radical (unpaired) electrons. The van der Waals surface area contributed by atoms with Gasteiger partial charge in [-0.15, -0.1) is 11.3 Å². The second-order valence-corrected chi connectivity index (χ2v) is 7.08. The smallest absolute Gasteiger partial charge is 0.353 e. The van der Waals surface area contributed by atoms with E-state index in [1.54, 1.807) is 60.0 Å². The summed E-state index contributed by atoms with van der Waals surface area (Å²) >= 11 is 1.27. The number of amides is 1. The van der Waals surface area contributed by atoms with E-state index in [1.807, 2.05) is 6.07 Å². The number of nitrogens with zero attached hydrogens (tertiary/aromatic N) is 1. The SMILES string of the molecule is COc1cccc(NC(=O)/C(C#N)=C/c2ccc(OC(=O)c3cccs3)c(OC)c2)c1. The Bertz CT molecular complexity index is 1160. The lowest BCUT2D eigenvalue weighted by molar-refractivity contribution is -0.112. The number of hydrogen-bond acceptors (Lipinski definition) is 7. The van der Waals surface area contributed by atoms with Crippen molar-refractivity contribution in [1.82, 2.24) is 0 Å². The van der Waals surface area contributed by atoms with E-state index in [2.05, 4.69) is 5.32 Å². The summed E-state index contributed by atoms with van der Waals surface area (Å²) in [5, 5.41) is 13.9. The van der Waals surface area contributed by atoms with Crippen LogP contribution in [-0.4, -0.2) is 26.1 Å². The number of ether oxygens (including phenoxy) is 3. The molecule has 0 saturated carbocycles. The van der Waals surface area contributed by atoms with Crippen LogP contribution in [0.5, 0.6) is 17.2 Å². The molecule has 1 amide bonds. The van der Waals surface area contributed by atoms with Crippen LogP contribution in [0.15, 0.2) is 65.6 Å². The fourth-order valence-electron chi connectivity index (χ4n) is 2.62. The summed E-state index contributed by atoms with van der Waals surface area (Å²) < 4.78 is 15.8. The normalized spacial score (nSPS) is 10.7. The molecule has 156 valence electrons. The van der Waals surface area contributed by atoms with Crippen LogP contribution in [0.1, 0.15) is 15.2 Å². The molecule has 1 heterocycles. The second-order valence-electron chi connectivity index (χ2n) is 6.13. The van der Waals surface area contributed by atoms with Gasteiger partial charge in [-0.25, -0.2) is 4.79 Å². The zero-order valence-corrected chi connectivity index (χ0v) is 17.6. The number of rotatable bonds is 7. The highest BCUT2D eigenvalue weighted by atomic mass is 32.1. The van der Waals surface area contributed by atoms with Gasteiger partial charge < -0.3 is 19.5 Å². The molecular formula is C23H18N2O5S. The van der Waals surface area contributed by atoms with Crippen LogP contribution in [0.2, 0.25) is 0 Å². The number of anilines is 1. The Morgan fingerprint density at radius 2 is 1.87 bits per heavy atom. The topological polar surface area (TPSA) is 97.6 Å². The van der Waals surface area contributed by atoms with Crippen molar-refractivity contribution in [2.45, 2.75) is 0 Å². The van der Waals surface area contributed by atoms with E-state index in [9.17, 15) is 14.9 Å². The van der Waals surface area contributed by atoms with Crippen molar-refractivity contribution in [1.29, 1.82) is 5.26 Å². The van der Waals surface area contributed by atoms with Crippen LogP contribution < -0.4 is 19.5 Å². The molecule has 0 bridgehead atoms. The summed E-state index contributed by atoms with van der Waals surface area (Å²) in [6.07, 6.45) is 1.42. The molecule has 0 atom stereocenters. The molecule has 0 saturated heterocycles. The fraction of sp³-hybridized carbons (Fsp3) is 0.0870. The number of carbonyl (C=O) groups excluding carboxylic acids is 2. The van der Waals surface area contributed by atoms with Gasteiger partial charge in [0.2, 0.25) is 0 Å². The lowest BCUT2D eigenvalue weighted by Crippen LogP contribution is -2.13. The Morgan fingerprint density at radius 1 is 1.03 bits per heavy atom. The first-order valence-corrected chi connectivity index (χ1v) is 9.93. The molecule has 3 aromatic rings. The van der Waals surface area contributed by atoms with Gasteiger partial charge in [-0.2, -0.15) is 5.26 Å². The number of nitrogens with one attached hydrogen (secondary N) is 1. The Morgan fingerprint density at radius 3 is 2.55 bits per heavy atom. The first kappa shape index (κ1) is 21.6. The zero-order valence-electron chi connectivity index (χ0n) is 16.7. The van der Waals surface area contributed by atoms with Gasteiger partial charge in [0, 0.05) is 11.8 Å². The minimum atomic E-state index is -0.567. The van der Waals surface area contributed by atoms with E-state index in [-0.39, 0.29) is 11.3 Å². The summed E-state index contributed by atoms with van der Waals surface area (Å²) in [6.45, 7) is 0. The monoisotopic (exact) mass is 434 g/mol. The molecule has 1 aromatic heterocycles. The van der Waals surface area contributed by atoms with Crippen molar-refractivity contribution in [3.63, 3.8) is 0 Å². The lowest BCUT2D eigenvalue weighted by atomic mass is 10.1. The summed E-state index contributed by atoms with van der Waals surface area (Å²) in [5.41, 5.74) is 0.928. The third kappa shape index (κ3) is 5.50. The average Bonchev–Trinajstić information content (AvgIpc) is 3.33. The highest BCUT2D eigenvalue weighted by Crippen LogP contribution is 2.30. The number of methoxy groups -OCH3 is 2. The van der Waals surface area contributed by atoms with Crippen molar-refractivity contribution in [2.75, 3.05) is 19.5 Å². The molecule has 0 aliphatic rings. The lowest BCUT2D eigenvalue weighted by Gasteiger charge is -2.10. The number of nitriles is 1. The number of benzene rings is 2. The van der Waals surface area contributed by atoms with E-state index < -0.39 is 11.9 Å². The van der Waals surface area contributed by atoms with Gasteiger partial charge in [-0.3, -0.25) is 4.79 Å². The van der Waals surface area contributed by atoms with E-state index in [4.69, 9.17) is 14.2 Å². The quantitative estimate of drug-likeness (QED) is 0.254. The minimum absolute atomic E-state index is 0.104. The van der Waals surface area contributed by atoms with Crippen molar-refractivity contribution >= 4 is 35.0 Å².